The molecule has 4 N–H and O–H groups in total. The summed E-state index contributed by atoms with van der Waals surface area (Å²) in [6, 6.07) is 8.94. The highest BCUT2D eigenvalue weighted by Crippen LogP contribution is 2.25. The molecule has 0 aliphatic heterocycles. The first-order valence-corrected chi connectivity index (χ1v) is 7.89. The highest BCUT2D eigenvalue weighted by atomic mass is 16.3. The molecule has 0 spiro atoms. The van der Waals surface area contributed by atoms with Gasteiger partial charge < -0.3 is 15.7 Å². The summed E-state index contributed by atoms with van der Waals surface area (Å²) in [5.74, 6) is -0.683. The van der Waals surface area contributed by atoms with E-state index in [9.17, 15) is 9.59 Å². The van der Waals surface area contributed by atoms with Crippen molar-refractivity contribution in [3.05, 3.63) is 54.9 Å². The summed E-state index contributed by atoms with van der Waals surface area (Å²) in [5, 5.41) is 21.5. The van der Waals surface area contributed by atoms with Crippen molar-refractivity contribution in [3.8, 4) is 11.3 Å². The van der Waals surface area contributed by atoms with Crippen LogP contribution in [0, 0.1) is 0 Å². The molecule has 0 saturated carbocycles. The summed E-state index contributed by atoms with van der Waals surface area (Å²) in [7, 11) is 0. The number of nitrogens with zero attached hydrogens (tertiary/aromatic N) is 2. The number of carbonyl (C=O) groups excluding carboxylic acids is 2. The summed E-state index contributed by atoms with van der Waals surface area (Å²) in [5.41, 5.74) is 2.87. The zero-order valence-electron chi connectivity index (χ0n) is 13.8. The lowest BCUT2D eigenvalue weighted by Gasteiger charge is -2.06. The average Bonchev–Trinajstić information content (AvgIpc) is 3.09. The van der Waals surface area contributed by atoms with E-state index in [-0.39, 0.29) is 30.7 Å². The quantitative estimate of drug-likeness (QED) is 0.501. The summed E-state index contributed by atoms with van der Waals surface area (Å²) in [6.45, 7) is 3.42. The van der Waals surface area contributed by atoms with Crippen LogP contribution in [0.3, 0.4) is 0 Å². The molecule has 3 rings (SSSR count). The van der Waals surface area contributed by atoms with Crippen LogP contribution in [0.1, 0.15) is 10.5 Å². The van der Waals surface area contributed by atoms with Gasteiger partial charge in [-0.25, -0.2) is 0 Å². The Bertz CT molecular complexity index is 980. The predicted octanol–water partition coefficient (Wildman–Crippen LogP) is 1.47. The van der Waals surface area contributed by atoms with Crippen LogP contribution in [0.4, 0.5) is 5.69 Å². The molecular weight excluding hydrogens is 334 g/mol. The fourth-order valence-electron chi connectivity index (χ4n) is 2.45. The first-order chi connectivity index (χ1) is 12.6. The van der Waals surface area contributed by atoms with E-state index < -0.39 is 0 Å². The Balaban J connectivity index is 1.96. The Morgan fingerprint density at radius 1 is 1.31 bits per heavy atom. The molecular formula is C18H17N5O3. The summed E-state index contributed by atoms with van der Waals surface area (Å²) in [6.07, 6.45) is 2.79. The van der Waals surface area contributed by atoms with Gasteiger partial charge in [-0.1, -0.05) is 18.7 Å². The third-order valence-electron chi connectivity index (χ3n) is 3.67. The van der Waals surface area contributed by atoms with Crippen molar-refractivity contribution < 1.29 is 14.7 Å². The number of nitrogens with one attached hydrogen (secondary N) is 3. The maximum absolute atomic E-state index is 12.2. The number of carbonyl (C=O) groups is 2. The Hall–Kier alpha value is -3.52. The van der Waals surface area contributed by atoms with E-state index >= 15 is 0 Å². The Kier molecular flexibility index (Phi) is 5.04. The van der Waals surface area contributed by atoms with Gasteiger partial charge in [0.15, 0.2) is 5.69 Å². The van der Waals surface area contributed by atoms with Gasteiger partial charge in [0.2, 0.25) is 5.91 Å². The normalized spacial score (nSPS) is 10.5. The number of anilines is 1. The summed E-state index contributed by atoms with van der Waals surface area (Å²) < 4.78 is 0. The van der Waals surface area contributed by atoms with Crippen molar-refractivity contribution in [2.75, 3.05) is 18.5 Å². The summed E-state index contributed by atoms with van der Waals surface area (Å²) in [4.78, 5) is 28.0. The molecule has 132 valence electrons. The number of benzene rings is 1. The molecule has 3 aromatic rings. The van der Waals surface area contributed by atoms with E-state index in [4.69, 9.17) is 5.11 Å². The maximum Gasteiger partial charge on any atom is 0.272 e. The number of aliphatic hydroxyl groups is 1. The van der Waals surface area contributed by atoms with Crippen LogP contribution < -0.4 is 10.6 Å². The zero-order chi connectivity index (χ0) is 18.5. The van der Waals surface area contributed by atoms with E-state index in [1.54, 1.807) is 30.5 Å². The van der Waals surface area contributed by atoms with Crippen molar-refractivity contribution in [1.29, 1.82) is 0 Å². The molecule has 0 aliphatic rings. The minimum absolute atomic E-state index is 0.149. The highest BCUT2D eigenvalue weighted by molar-refractivity contribution is 6.05. The van der Waals surface area contributed by atoms with Crippen LogP contribution in [0.25, 0.3) is 22.2 Å². The molecule has 0 atom stereocenters. The topological polar surface area (TPSA) is 120 Å². The van der Waals surface area contributed by atoms with E-state index in [0.29, 0.717) is 22.3 Å². The minimum Gasteiger partial charge on any atom is -0.395 e. The van der Waals surface area contributed by atoms with Gasteiger partial charge in [0.25, 0.3) is 5.91 Å². The predicted molar refractivity (Wildman–Crippen MR) is 97.6 cm³/mol. The number of H-pyrrole nitrogens is 1. The van der Waals surface area contributed by atoms with Crippen molar-refractivity contribution in [2.45, 2.75) is 0 Å². The maximum atomic E-state index is 12.2. The largest absolute Gasteiger partial charge is 0.395 e. The number of rotatable bonds is 6. The van der Waals surface area contributed by atoms with Crippen molar-refractivity contribution in [2.24, 2.45) is 0 Å². The lowest BCUT2D eigenvalue weighted by Crippen LogP contribution is -2.26. The SMILES string of the molecule is C=CC(=O)Nc1cccc(-c2cc3c(C(=O)NCCO)n[nH]c3cn2)c1. The third-order valence-corrected chi connectivity index (χ3v) is 3.67. The van der Waals surface area contributed by atoms with Gasteiger partial charge in [-0.15, -0.1) is 0 Å². The van der Waals surface area contributed by atoms with E-state index in [1.165, 1.54) is 6.08 Å². The number of fused-ring (bicyclic) bond motifs is 1. The molecule has 0 unspecified atom stereocenters. The van der Waals surface area contributed by atoms with Crippen LogP contribution >= 0.6 is 0 Å². The van der Waals surface area contributed by atoms with Crippen molar-refractivity contribution in [1.82, 2.24) is 20.5 Å². The Morgan fingerprint density at radius 2 is 2.15 bits per heavy atom. The van der Waals surface area contributed by atoms with E-state index in [2.05, 4.69) is 32.4 Å². The molecule has 0 radical (unpaired) electrons. The molecule has 2 aromatic heterocycles. The molecule has 0 saturated heterocycles. The fraction of sp³-hybridized carbons (Fsp3) is 0.111. The second-order valence-corrected chi connectivity index (χ2v) is 5.44. The molecule has 0 aliphatic carbocycles. The molecule has 2 heterocycles. The number of hydrogen-bond acceptors (Lipinski definition) is 5. The average molecular weight is 351 g/mol. The van der Waals surface area contributed by atoms with E-state index in [1.807, 2.05) is 6.07 Å². The van der Waals surface area contributed by atoms with Crippen LogP contribution in [-0.2, 0) is 4.79 Å². The molecule has 26 heavy (non-hydrogen) atoms. The second kappa shape index (κ2) is 7.58. The molecule has 0 fully saturated rings. The van der Waals surface area contributed by atoms with Gasteiger partial charge in [0.05, 0.1) is 24.0 Å². The zero-order valence-corrected chi connectivity index (χ0v) is 13.8. The van der Waals surface area contributed by atoms with Gasteiger partial charge >= 0.3 is 0 Å². The number of amides is 2. The van der Waals surface area contributed by atoms with Gasteiger partial charge in [0.1, 0.15) is 0 Å². The van der Waals surface area contributed by atoms with Crippen LogP contribution in [0.2, 0.25) is 0 Å². The lowest BCUT2D eigenvalue weighted by atomic mass is 10.1. The first kappa shape index (κ1) is 17.3. The van der Waals surface area contributed by atoms with E-state index in [0.717, 1.165) is 5.56 Å². The van der Waals surface area contributed by atoms with Gasteiger partial charge in [-0.3, -0.25) is 19.7 Å². The molecule has 1 aromatic carbocycles. The first-order valence-electron chi connectivity index (χ1n) is 7.89. The molecule has 2 amide bonds. The van der Waals surface area contributed by atoms with Crippen molar-refractivity contribution >= 4 is 28.4 Å². The molecule has 0 bridgehead atoms. The smallest absolute Gasteiger partial charge is 0.272 e. The third kappa shape index (κ3) is 3.60. The van der Waals surface area contributed by atoms with Crippen LogP contribution in [0.15, 0.2) is 49.2 Å². The van der Waals surface area contributed by atoms with Crippen LogP contribution in [0.5, 0.6) is 0 Å². The Morgan fingerprint density at radius 3 is 2.92 bits per heavy atom. The standard InChI is InChI=1S/C18H17N5O3/c1-2-16(25)21-12-5-3-4-11(8-12)14-9-13-15(10-20-14)22-23-17(13)18(26)19-6-7-24/h2-5,8-10,24H,1,6-7H2,(H,19,26)(H,21,25)(H,22,23). The molecule has 8 nitrogen and oxygen atoms in total. The number of aromatic nitrogens is 3. The number of pyridine rings is 1. The Labute approximate surface area is 149 Å². The van der Waals surface area contributed by atoms with Gasteiger partial charge in [-0.05, 0) is 24.3 Å². The lowest BCUT2D eigenvalue weighted by molar-refractivity contribution is -0.111. The number of hydrogen-bond donors (Lipinski definition) is 4. The highest BCUT2D eigenvalue weighted by Gasteiger charge is 2.15. The molecule has 8 heteroatoms. The summed E-state index contributed by atoms with van der Waals surface area (Å²) >= 11 is 0. The number of aromatic amines is 1. The van der Waals surface area contributed by atoms with Crippen LogP contribution in [-0.4, -0.2) is 45.3 Å². The second-order valence-electron chi connectivity index (χ2n) is 5.44. The monoisotopic (exact) mass is 351 g/mol. The number of aliphatic hydroxyl groups excluding tert-OH is 1. The van der Waals surface area contributed by atoms with Gasteiger partial charge in [0, 0.05) is 23.2 Å². The van der Waals surface area contributed by atoms with Gasteiger partial charge in [-0.2, -0.15) is 5.10 Å². The minimum atomic E-state index is -0.380. The van der Waals surface area contributed by atoms with Crippen molar-refractivity contribution in [3.63, 3.8) is 0 Å². The fourth-order valence-corrected chi connectivity index (χ4v) is 2.45.